The van der Waals surface area contributed by atoms with Gasteiger partial charge in [-0.05, 0) is 63.9 Å². The molecule has 0 atom stereocenters. The summed E-state index contributed by atoms with van der Waals surface area (Å²) < 4.78 is 19.0. The summed E-state index contributed by atoms with van der Waals surface area (Å²) in [6.07, 6.45) is 1.06. The summed E-state index contributed by atoms with van der Waals surface area (Å²) in [4.78, 5) is 2.15. The summed E-state index contributed by atoms with van der Waals surface area (Å²) in [5.74, 6) is 0.382. The van der Waals surface area contributed by atoms with Crippen molar-refractivity contribution in [3.05, 3.63) is 63.4 Å². The van der Waals surface area contributed by atoms with Crippen LogP contribution >= 0.6 is 23.2 Å². The minimum Gasteiger partial charge on any atom is -0.489 e. The summed E-state index contributed by atoms with van der Waals surface area (Å²) in [7, 11) is 4.12. The summed E-state index contributed by atoms with van der Waals surface area (Å²) in [6, 6.07) is 9.82. The van der Waals surface area contributed by atoms with Crippen molar-refractivity contribution in [1.29, 1.82) is 0 Å². The molecule has 0 aliphatic heterocycles. The van der Waals surface area contributed by atoms with Gasteiger partial charge in [0.15, 0.2) is 0 Å². The van der Waals surface area contributed by atoms with Gasteiger partial charge in [0.25, 0.3) is 0 Å². The Morgan fingerprint density at radius 1 is 1.08 bits per heavy atom. The molecule has 3 nitrogen and oxygen atoms in total. The maximum absolute atomic E-state index is 13.1. The van der Waals surface area contributed by atoms with E-state index in [1.165, 1.54) is 12.1 Å². The maximum Gasteiger partial charge on any atom is 0.124 e. The van der Waals surface area contributed by atoms with E-state index in [0.29, 0.717) is 16.6 Å². The quantitative estimate of drug-likeness (QED) is 0.631. The number of nitrogens with zero attached hydrogens (tertiary/aromatic N) is 1. The highest BCUT2D eigenvalue weighted by atomic mass is 35.5. The Kier molecular flexibility index (Phi) is 7.97. The molecule has 6 heteroatoms. The third-order valence-corrected chi connectivity index (χ3v) is 4.28. The zero-order valence-electron chi connectivity index (χ0n) is 14.5. The fourth-order valence-corrected chi connectivity index (χ4v) is 2.78. The summed E-state index contributed by atoms with van der Waals surface area (Å²) >= 11 is 12.2. The van der Waals surface area contributed by atoms with E-state index < -0.39 is 0 Å². The molecule has 0 radical (unpaired) electrons. The molecule has 0 aromatic heterocycles. The van der Waals surface area contributed by atoms with Crippen LogP contribution in [0.15, 0.2) is 36.4 Å². The zero-order chi connectivity index (χ0) is 18.2. The average Bonchev–Trinajstić information content (AvgIpc) is 2.55. The normalized spacial score (nSPS) is 11.1. The Balaban J connectivity index is 1.95. The van der Waals surface area contributed by atoms with Crippen LogP contribution in [0.3, 0.4) is 0 Å². The number of nitrogens with one attached hydrogen (secondary N) is 1. The van der Waals surface area contributed by atoms with Crippen molar-refractivity contribution in [2.45, 2.75) is 19.6 Å². The van der Waals surface area contributed by atoms with Crippen LogP contribution in [-0.2, 0) is 13.2 Å². The monoisotopic (exact) mass is 384 g/mol. The highest BCUT2D eigenvalue weighted by Crippen LogP contribution is 2.25. The van der Waals surface area contributed by atoms with Gasteiger partial charge >= 0.3 is 0 Å². The van der Waals surface area contributed by atoms with Gasteiger partial charge in [-0.25, -0.2) is 4.39 Å². The molecule has 0 aliphatic carbocycles. The topological polar surface area (TPSA) is 24.5 Å². The second-order valence-corrected chi connectivity index (χ2v) is 6.95. The van der Waals surface area contributed by atoms with Gasteiger partial charge in [-0.3, -0.25) is 0 Å². The second kappa shape index (κ2) is 9.97. The smallest absolute Gasteiger partial charge is 0.124 e. The van der Waals surface area contributed by atoms with Crippen LogP contribution in [0, 0.1) is 5.82 Å². The van der Waals surface area contributed by atoms with Crippen molar-refractivity contribution >= 4 is 23.2 Å². The summed E-state index contributed by atoms with van der Waals surface area (Å²) in [5.41, 5.74) is 1.72. The molecular formula is C19H23Cl2FN2O. The van der Waals surface area contributed by atoms with Crippen molar-refractivity contribution in [3.63, 3.8) is 0 Å². The van der Waals surface area contributed by atoms with Gasteiger partial charge in [-0.2, -0.15) is 0 Å². The Labute approximate surface area is 158 Å². The van der Waals surface area contributed by atoms with E-state index in [-0.39, 0.29) is 12.4 Å². The van der Waals surface area contributed by atoms with Crippen molar-refractivity contribution in [3.8, 4) is 5.75 Å². The van der Waals surface area contributed by atoms with Gasteiger partial charge in [0, 0.05) is 22.7 Å². The highest BCUT2D eigenvalue weighted by molar-refractivity contribution is 6.31. The second-order valence-electron chi connectivity index (χ2n) is 6.11. The number of rotatable bonds is 9. The third kappa shape index (κ3) is 6.83. The largest absolute Gasteiger partial charge is 0.489 e. The molecule has 0 fully saturated rings. The van der Waals surface area contributed by atoms with E-state index in [4.69, 9.17) is 27.9 Å². The SMILES string of the molecule is CN(C)CCCNCc1cc(Cl)ccc1OCc1ccc(F)cc1Cl. The summed E-state index contributed by atoms with van der Waals surface area (Å²) in [6.45, 7) is 2.89. The number of hydrogen-bond acceptors (Lipinski definition) is 3. The van der Waals surface area contributed by atoms with Gasteiger partial charge < -0.3 is 15.0 Å². The molecule has 2 rings (SSSR count). The van der Waals surface area contributed by atoms with Gasteiger partial charge in [0.05, 0.1) is 5.02 Å². The number of ether oxygens (including phenoxy) is 1. The molecule has 25 heavy (non-hydrogen) atoms. The minimum absolute atomic E-state index is 0.272. The molecule has 0 saturated heterocycles. The molecule has 2 aromatic carbocycles. The lowest BCUT2D eigenvalue weighted by molar-refractivity contribution is 0.302. The molecule has 0 aliphatic rings. The maximum atomic E-state index is 13.1. The van der Waals surface area contributed by atoms with Crippen molar-refractivity contribution < 1.29 is 9.13 Å². The molecule has 1 N–H and O–H groups in total. The molecule has 0 amide bonds. The Hall–Kier alpha value is -1.33. The third-order valence-electron chi connectivity index (χ3n) is 3.70. The molecule has 0 unspecified atom stereocenters. The van der Waals surface area contributed by atoms with Gasteiger partial charge in [-0.15, -0.1) is 0 Å². The standard InChI is InChI=1S/C19H23Cl2FN2O/c1-24(2)9-3-8-23-12-15-10-16(20)5-7-19(15)25-13-14-4-6-17(22)11-18(14)21/h4-7,10-11,23H,3,8-9,12-13H2,1-2H3. The molecule has 0 spiro atoms. The van der Waals surface area contributed by atoms with E-state index in [9.17, 15) is 4.39 Å². The Bertz CT molecular complexity index is 695. The van der Waals surface area contributed by atoms with Crippen molar-refractivity contribution in [2.24, 2.45) is 0 Å². The molecule has 0 bridgehead atoms. The van der Waals surface area contributed by atoms with E-state index in [2.05, 4.69) is 24.3 Å². The highest BCUT2D eigenvalue weighted by Gasteiger charge is 2.08. The van der Waals surface area contributed by atoms with Crippen LogP contribution in [-0.4, -0.2) is 32.1 Å². The number of benzene rings is 2. The van der Waals surface area contributed by atoms with Gasteiger partial charge in [0.1, 0.15) is 18.2 Å². The zero-order valence-corrected chi connectivity index (χ0v) is 16.0. The predicted molar refractivity (Wildman–Crippen MR) is 102 cm³/mol. The average molecular weight is 385 g/mol. The van der Waals surface area contributed by atoms with Crippen LogP contribution in [0.2, 0.25) is 10.0 Å². The van der Waals surface area contributed by atoms with Crippen molar-refractivity contribution in [1.82, 2.24) is 10.2 Å². The van der Waals surface area contributed by atoms with Crippen LogP contribution in [0.5, 0.6) is 5.75 Å². The lowest BCUT2D eigenvalue weighted by atomic mass is 10.2. The minimum atomic E-state index is -0.358. The van der Waals surface area contributed by atoms with E-state index in [1.54, 1.807) is 12.1 Å². The molecular weight excluding hydrogens is 362 g/mol. The van der Waals surface area contributed by atoms with Crippen LogP contribution in [0.1, 0.15) is 17.5 Å². The van der Waals surface area contributed by atoms with E-state index in [0.717, 1.165) is 36.4 Å². The first kappa shape index (κ1) is 20.0. The lowest BCUT2D eigenvalue weighted by Gasteiger charge is -2.14. The Morgan fingerprint density at radius 3 is 2.60 bits per heavy atom. The lowest BCUT2D eigenvalue weighted by Crippen LogP contribution is -2.21. The first-order valence-electron chi connectivity index (χ1n) is 8.16. The summed E-state index contributed by atoms with van der Waals surface area (Å²) in [5, 5.41) is 4.42. The van der Waals surface area contributed by atoms with Crippen molar-refractivity contribution in [2.75, 3.05) is 27.2 Å². The fraction of sp³-hybridized carbons (Fsp3) is 0.368. The van der Waals surface area contributed by atoms with E-state index in [1.807, 2.05) is 12.1 Å². The first-order chi connectivity index (χ1) is 12.0. The fourth-order valence-electron chi connectivity index (χ4n) is 2.36. The molecule has 136 valence electrons. The predicted octanol–water partition coefficient (Wildman–Crippen LogP) is 4.75. The molecule has 0 saturated carbocycles. The van der Waals surface area contributed by atoms with Gasteiger partial charge in [-0.1, -0.05) is 29.3 Å². The number of hydrogen-bond donors (Lipinski definition) is 1. The Morgan fingerprint density at radius 2 is 1.88 bits per heavy atom. The van der Waals surface area contributed by atoms with Gasteiger partial charge in [0.2, 0.25) is 0 Å². The van der Waals surface area contributed by atoms with Crippen LogP contribution < -0.4 is 10.1 Å². The molecule has 2 aromatic rings. The van der Waals surface area contributed by atoms with Crippen LogP contribution in [0.4, 0.5) is 4.39 Å². The first-order valence-corrected chi connectivity index (χ1v) is 8.92. The van der Waals surface area contributed by atoms with E-state index >= 15 is 0 Å². The molecule has 0 heterocycles. The number of halogens is 3. The van der Waals surface area contributed by atoms with Crippen LogP contribution in [0.25, 0.3) is 0 Å².